The molecule has 1 saturated heterocycles. The summed E-state index contributed by atoms with van der Waals surface area (Å²) >= 11 is 1.35. The monoisotopic (exact) mass is 371 g/mol. The Labute approximate surface area is 156 Å². The minimum absolute atomic E-state index is 0.381. The van der Waals surface area contributed by atoms with Crippen molar-refractivity contribution in [3.05, 3.63) is 57.3 Å². The van der Waals surface area contributed by atoms with Gasteiger partial charge in [0.1, 0.15) is 5.54 Å². The number of nitrogens with one attached hydrogen (secondary N) is 2. The standard InChI is InChI=1S/C19H21N3O3S/c1-4-13-11-15(26-12(13)3)16(23)21-22-17(24)19(5-2,20-18(22)25)14-9-7-6-8-10-14/h6-11H,4-5H2,1-3H3,(H,20,25)(H,21,23)/t19-/m1/s1. The number of hydrazine groups is 1. The normalized spacial score (nSPS) is 19.6. The van der Waals surface area contributed by atoms with Crippen molar-refractivity contribution >= 4 is 29.2 Å². The van der Waals surface area contributed by atoms with Crippen molar-refractivity contribution < 1.29 is 14.4 Å². The SMILES string of the molecule is CCc1cc(C(=O)NN2C(=O)N[C@](CC)(c3ccccc3)C2=O)sc1C. The van der Waals surface area contributed by atoms with Gasteiger partial charge in [0.2, 0.25) is 0 Å². The van der Waals surface area contributed by atoms with Crippen LogP contribution in [0.1, 0.15) is 45.9 Å². The number of benzene rings is 1. The Balaban J connectivity index is 1.86. The molecule has 0 bridgehead atoms. The highest BCUT2D eigenvalue weighted by Gasteiger charge is 2.52. The van der Waals surface area contributed by atoms with E-state index in [1.807, 2.05) is 39.0 Å². The van der Waals surface area contributed by atoms with E-state index in [2.05, 4.69) is 10.7 Å². The smallest absolute Gasteiger partial charge is 0.318 e. The highest BCUT2D eigenvalue weighted by molar-refractivity contribution is 7.14. The first-order valence-corrected chi connectivity index (χ1v) is 9.37. The minimum Gasteiger partial charge on any atom is -0.318 e. The third-order valence-electron chi connectivity index (χ3n) is 4.73. The zero-order chi connectivity index (χ0) is 18.9. The second-order valence-electron chi connectivity index (χ2n) is 6.18. The Bertz CT molecular complexity index is 862. The van der Waals surface area contributed by atoms with Gasteiger partial charge in [-0.1, -0.05) is 44.2 Å². The highest BCUT2D eigenvalue weighted by Crippen LogP contribution is 2.31. The fourth-order valence-corrected chi connectivity index (χ4v) is 4.18. The van der Waals surface area contributed by atoms with Gasteiger partial charge in [-0.15, -0.1) is 11.3 Å². The molecule has 6 nitrogen and oxygen atoms in total. The fraction of sp³-hybridized carbons (Fsp3) is 0.316. The van der Waals surface area contributed by atoms with Crippen LogP contribution in [0.25, 0.3) is 0 Å². The predicted molar refractivity (Wildman–Crippen MR) is 99.7 cm³/mol. The summed E-state index contributed by atoms with van der Waals surface area (Å²) in [6.45, 7) is 5.79. The lowest BCUT2D eigenvalue weighted by Gasteiger charge is -2.25. The molecular formula is C19H21N3O3S. The molecule has 0 saturated carbocycles. The summed E-state index contributed by atoms with van der Waals surface area (Å²) in [5.41, 5.74) is 3.08. The second-order valence-corrected chi connectivity index (χ2v) is 7.44. The van der Waals surface area contributed by atoms with Gasteiger partial charge in [-0.25, -0.2) is 4.79 Å². The summed E-state index contributed by atoms with van der Waals surface area (Å²) in [5, 5.41) is 3.54. The van der Waals surface area contributed by atoms with E-state index in [0.717, 1.165) is 21.9 Å². The van der Waals surface area contributed by atoms with Crippen molar-refractivity contribution in [2.24, 2.45) is 0 Å². The van der Waals surface area contributed by atoms with Crippen LogP contribution < -0.4 is 10.7 Å². The summed E-state index contributed by atoms with van der Waals surface area (Å²) in [7, 11) is 0. The van der Waals surface area contributed by atoms with Crippen LogP contribution in [-0.4, -0.2) is 22.9 Å². The van der Waals surface area contributed by atoms with Crippen molar-refractivity contribution in [3.8, 4) is 0 Å². The Morgan fingerprint density at radius 3 is 2.50 bits per heavy atom. The number of hydrogen-bond donors (Lipinski definition) is 2. The van der Waals surface area contributed by atoms with Crippen LogP contribution in [-0.2, 0) is 16.8 Å². The van der Waals surface area contributed by atoms with Crippen LogP contribution in [0.15, 0.2) is 36.4 Å². The number of imide groups is 1. The summed E-state index contributed by atoms with van der Waals surface area (Å²) < 4.78 is 0. The summed E-state index contributed by atoms with van der Waals surface area (Å²) in [4.78, 5) is 39.5. The van der Waals surface area contributed by atoms with Gasteiger partial charge >= 0.3 is 6.03 Å². The zero-order valence-electron chi connectivity index (χ0n) is 15.0. The van der Waals surface area contributed by atoms with Gasteiger partial charge in [0.05, 0.1) is 4.88 Å². The third kappa shape index (κ3) is 2.88. The number of rotatable bonds is 5. The summed E-state index contributed by atoms with van der Waals surface area (Å²) in [6.07, 6.45) is 1.21. The molecular weight excluding hydrogens is 350 g/mol. The van der Waals surface area contributed by atoms with Crippen LogP contribution in [0.3, 0.4) is 0 Å². The number of aryl methyl sites for hydroxylation is 2. The van der Waals surface area contributed by atoms with E-state index >= 15 is 0 Å². The number of amides is 4. The summed E-state index contributed by atoms with van der Waals surface area (Å²) in [6, 6.07) is 10.2. The van der Waals surface area contributed by atoms with Crippen molar-refractivity contribution in [1.82, 2.24) is 15.8 Å². The quantitative estimate of drug-likeness (QED) is 0.793. The average Bonchev–Trinajstić information content (AvgIpc) is 3.15. The zero-order valence-corrected chi connectivity index (χ0v) is 15.8. The molecule has 1 aliphatic heterocycles. The van der Waals surface area contributed by atoms with Gasteiger partial charge in [-0.05, 0) is 37.0 Å². The Morgan fingerprint density at radius 2 is 1.92 bits per heavy atom. The van der Waals surface area contributed by atoms with Crippen molar-refractivity contribution in [2.45, 2.75) is 39.2 Å². The molecule has 0 spiro atoms. The number of hydrogen-bond acceptors (Lipinski definition) is 4. The number of nitrogens with zero attached hydrogens (tertiary/aromatic N) is 1. The Kier molecular flexibility index (Phi) is 4.82. The van der Waals surface area contributed by atoms with Gasteiger partial charge in [0, 0.05) is 4.88 Å². The molecule has 0 radical (unpaired) electrons. The molecule has 1 aromatic heterocycles. The molecule has 136 valence electrons. The molecule has 1 aromatic carbocycles. The van der Waals surface area contributed by atoms with E-state index in [1.165, 1.54) is 11.3 Å². The van der Waals surface area contributed by atoms with Crippen molar-refractivity contribution in [1.29, 1.82) is 0 Å². The Hall–Kier alpha value is -2.67. The molecule has 0 unspecified atom stereocenters. The first-order valence-electron chi connectivity index (χ1n) is 8.55. The third-order valence-corrected chi connectivity index (χ3v) is 5.82. The second kappa shape index (κ2) is 6.92. The first-order chi connectivity index (χ1) is 12.4. The molecule has 4 amide bonds. The molecule has 1 atom stereocenters. The van der Waals surface area contributed by atoms with Gasteiger partial charge < -0.3 is 5.32 Å². The highest BCUT2D eigenvalue weighted by atomic mass is 32.1. The molecule has 0 aliphatic carbocycles. The minimum atomic E-state index is -1.16. The van der Waals surface area contributed by atoms with E-state index in [-0.39, 0.29) is 0 Å². The van der Waals surface area contributed by atoms with Crippen molar-refractivity contribution in [2.75, 3.05) is 0 Å². The van der Waals surface area contributed by atoms with Gasteiger partial charge in [0.25, 0.3) is 11.8 Å². The van der Waals surface area contributed by atoms with E-state index in [9.17, 15) is 14.4 Å². The molecule has 2 heterocycles. The molecule has 3 rings (SSSR count). The van der Waals surface area contributed by atoms with Gasteiger partial charge in [-0.3, -0.25) is 15.0 Å². The van der Waals surface area contributed by atoms with Gasteiger partial charge in [0.15, 0.2) is 0 Å². The molecule has 7 heteroatoms. The number of carbonyl (C=O) groups is 3. The lowest BCUT2D eigenvalue weighted by Crippen LogP contribution is -2.48. The van der Waals surface area contributed by atoms with Crippen LogP contribution in [0.5, 0.6) is 0 Å². The first kappa shape index (κ1) is 18.1. The number of urea groups is 1. The molecule has 26 heavy (non-hydrogen) atoms. The average molecular weight is 371 g/mol. The van der Waals surface area contributed by atoms with Crippen LogP contribution in [0, 0.1) is 6.92 Å². The number of thiophene rings is 1. The lowest BCUT2D eigenvalue weighted by molar-refractivity contribution is -0.133. The van der Waals surface area contributed by atoms with E-state index in [0.29, 0.717) is 16.9 Å². The number of carbonyl (C=O) groups excluding carboxylic acids is 3. The predicted octanol–water partition coefficient (Wildman–Crippen LogP) is 3.12. The van der Waals surface area contributed by atoms with E-state index in [1.54, 1.807) is 18.2 Å². The molecule has 1 aliphatic rings. The molecule has 2 aromatic rings. The molecule has 1 fully saturated rings. The van der Waals surface area contributed by atoms with Crippen LogP contribution in [0.4, 0.5) is 4.79 Å². The maximum Gasteiger partial charge on any atom is 0.344 e. The van der Waals surface area contributed by atoms with Crippen LogP contribution >= 0.6 is 11.3 Å². The molecule has 2 N–H and O–H groups in total. The Morgan fingerprint density at radius 1 is 1.23 bits per heavy atom. The topological polar surface area (TPSA) is 78.5 Å². The largest absolute Gasteiger partial charge is 0.344 e. The van der Waals surface area contributed by atoms with Gasteiger partial charge in [-0.2, -0.15) is 5.01 Å². The van der Waals surface area contributed by atoms with Crippen LogP contribution in [0.2, 0.25) is 0 Å². The maximum absolute atomic E-state index is 13.0. The fourth-order valence-electron chi connectivity index (χ4n) is 3.18. The lowest BCUT2D eigenvalue weighted by atomic mass is 9.87. The van der Waals surface area contributed by atoms with E-state index in [4.69, 9.17) is 0 Å². The van der Waals surface area contributed by atoms with E-state index < -0.39 is 23.4 Å². The van der Waals surface area contributed by atoms with Crippen molar-refractivity contribution in [3.63, 3.8) is 0 Å². The maximum atomic E-state index is 13.0. The summed E-state index contributed by atoms with van der Waals surface area (Å²) in [5.74, 6) is -0.935.